The second kappa shape index (κ2) is 9.02. The second-order valence-electron chi connectivity index (χ2n) is 7.64. The zero-order valence-corrected chi connectivity index (χ0v) is 16.9. The minimum Gasteiger partial charge on any atom is -0.449 e. The summed E-state index contributed by atoms with van der Waals surface area (Å²) in [5.41, 5.74) is 1.19. The van der Waals surface area contributed by atoms with Gasteiger partial charge in [0.15, 0.2) is 6.10 Å². The fraction of sp³-hybridized carbons (Fsp3) is 0.550. The number of hydrogen-bond acceptors (Lipinski definition) is 7. The van der Waals surface area contributed by atoms with Crippen molar-refractivity contribution in [3.05, 3.63) is 23.5 Å². The number of ether oxygens (including phenoxy) is 1. The van der Waals surface area contributed by atoms with Crippen LogP contribution in [-0.4, -0.2) is 40.2 Å². The van der Waals surface area contributed by atoms with Crippen molar-refractivity contribution in [2.45, 2.75) is 70.9 Å². The Hall–Kier alpha value is -2.97. The van der Waals surface area contributed by atoms with E-state index in [0.29, 0.717) is 16.8 Å². The summed E-state index contributed by atoms with van der Waals surface area (Å²) in [7, 11) is 0. The zero-order valence-electron chi connectivity index (χ0n) is 16.9. The Labute approximate surface area is 168 Å². The molecule has 0 bridgehead atoms. The Kier molecular flexibility index (Phi) is 6.46. The van der Waals surface area contributed by atoms with Gasteiger partial charge >= 0.3 is 12.0 Å². The van der Waals surface area contributed by atoms with Crippen LogP contribution in [0, 0.1) is 0 Å². The molecular weight excluding hydrogens is 376 g/mol. The van der Waals surface area contributed by atoms with Crippen LogP contribution in [0.5, 0.6) is 0 Å². The Bertz CT molecular complexity index is 901. The molecule has 9 nitrogen and oxygen atoms in total. The normalized spacial score (nSPS) is 15.9. The van der Waals surface area contributed by atoms with E-state index in [1.54, 1.807) is 6.07 Å². The first-order valence-corrected chi connectivity index (χ1v) is 9.92. The topological polar surface area (TPSA) is 123 Å². The van der Waals surface area contributed by atoms with Crippen molar-refractivity contribution in [2.24, 2.45) is 0 Å². The summed E-state index contributed by atoms with van der Waals surface area (Å²) in [4.78, 5) is 40.7. The number of fused-ring (bicyclic) bond motifs is 1. The molecule has 2 N–H and O–H groups in total. The number of rotatable bonds is 5. The summed E-state index contributed by atoms with van der Waals surface area (Å²) < 4.78 is 10.3. The molecule has 3 amide bonds. The van der Waals surface area contributed by atoms with Crippen LogP contribution in [0.3, 0.4) is 0 Å². The lowest BCUT2D eigenvalue weighted by Crippen LogP contribution is -2.48. The number of hydrogen-bond donors (Lipinski definition) is 2. The first kappa shape index (κ1) is 20.8. The molecule has 0 spiro atoms. The molecule has 2 heterocycles. The molecule has 3 rings (SSSR count). The van der Waals surface area contributed by atoms with E-state index < -0.39 is 24.0 Å². The maximum atomic E-state index is 12.4. The van der Waals surface area contributed by atoms with E-state index in [9.17, 15) is 14.4 Å². The molecule has 0 aliphatic heterocycles. The summed E-state index contributed by atoms with van der Waals surface area (Å²) in [6, 6.07) is 1.08. The second-order valence-corrected chi connectivity index (χ2v) is 7.64. The van der Waals surface area contributed by atoms with Gasteiger partial charge in [0.1, 0.15) is 0 Å². The van der Waals surface area contributed by atoms with Gasteiger partial charge in [-0.15, -0.1) is 0 Å². The van der Waals surface area contributed by atoms with Crippen LogP contribution in [0.2, 0.25) is 0 Å². The van der Waals surface area contributed by atoms with E-state index in [2.05, 4.69) is 20.8 Å². The lowest BCUT2D eigenvalue weighted by molar-refractivity contribution is -0.127. The van der Waals surface area contributed by atoms with Gasteiger partial charge in [-0.05, 0) is 31.7 Å². The lowest BCUT2D eigenvalue weighted by Gasteiger charge is -2.23. The van der Waals surface area contributed by atoms with E-state index in [1.807, 2.05) is 13.8 Å². The van der Waals surface area contributed by atoms with Crippen LogP contribution in [0.15, 0.2) is 16.8 Å². The maximum absolute atomic E-state index is 12.4. The van der Waals surface area contributed by atoms with Gasteiger partial charge < -0.3 is 14.6 Å². The van der Waals surface area contributed by atoms with Gasteiger partial charge in [0, 0.05) is 12.2 Å². The third kappa shape index (κ3) is 5.10. The third-order valence-corrected chi connectivity index (χ3v) is 4.97. The van der Waals surface area contributed by atoms with Gasteiger partial charge in [-0.25, -0.2) is 14.6 Å². The highest BCUT2D eigenvalue weighted by molar-refractivity contribution is 5.99. The monoisotopic (exact) mass is 402 g/mol. The first-order valence-electron chi connectivity index (χ1n) is 9.92. The van der Waals surface area contributed by atoms with E-state index in [-0.39, 0.29) is 17.5 Å². The molecule has 2 aromatic rings. The van der Waals surface area contributed by atoms with E-state index in [0.717, 1.165) is 25.7 Å². The largest absolute Gasteiger partial charge is 0.449 e. The summed E-state index contributed by atoms with van der Waals surface area (Å²) in [5, 5.41) is 9.60. The number of nitrogens with zero attached hydrogens (tertiary/aromatic N) is 2. The smallest absolute Gasteiger partial charge is 0.340 e. The van der Waals surface area contributed by atoms with Crippen molar-refractivity contribution in [1.82, 2.24) is 20.8 Å². The van der Waals surface area contributed by atoms with Crippen molar-refractivity contribution >= 4 is 29.0 Å². The minimum absolute atomic E-state index is 0.0749. The van der Waals surface area contributed by atoms with Crippen molar-refractivity contribution in [2.75, 3.05) is 0 Å². The predicted molar refractivity (Wildman–Crippen MR) is 104 cm³/mol. The fourth-order valence-electron chi connectivity index (χ4n) is 3.34. The highest BCUT2D eigenvalue weighted by atomic mass is 16.5. The fourth-order valence-corrected chi connectivity index (χ4v) is 3.34. The zero-order chi connectivity index (χ0) is 21.0. The average Bonchev–Trinajstić information content (AvgIpc) is 3.12. The van der Waals surface area contributed by atoms with Crippen molar-refractivity contribution < 1.29 is 23.6 Å². The standard InChI is InChI=1S/C20H26N4O5/c1-11(2)16-15-9-13(10-21-18(15)29-24-16)19(26)28-12(3)17(25)23-20(27)22-14-7-5-4-6-8-14/h9-12,14H,4-8H2,1-3H3,(H2,22,23,25,27)/t12-/m1/s1. The predicted octanol–water partition coefficient (Wildman–Crippen LogP) is 3.05. The molecule has 1 atom stereocenters. The lowest BCUT2D eigenvalue weighted by atomic mass is 9.96. The van der Waals surface area contributed by atoms with Gasteiger partial charge in [-0.2, -0.15) is 0 Å². The van der Waals surface area contributed by atoms with Gasteiger partial charge in [-0.3, -0.25) is 10.1 Å². The van der Waals surface area contributed by atoms with Crippen LogP contribution >= 0.6 is 0 Å². The molecule has 9 heteroatoms. The number of aromatic nitrogens is 2. The number of pyridine rings is 1. The Morgan fingerprint density at radius 3 is 2.59 bits per heavy atom. The van der Waals surface area contributed by atoms with Gasteiger partial charge in [0.25, 0.3) is 11.6 Å². The quantitative estimate of drug-likeness (QED) is 0.737. The van der Waals surface area contributed by atoms with Gasteiger partial charge in [0.05, 0.1) is 16.6 Å². The molecule has 1 fully saturated rings. The Morgan fingerprint density at radius 1 is 1.17 bits per heavy atom. The number of carbonyl (C=O) groups is 3. The van der Waals surface area contributed by atoms with Gasteiger partial charge in [0.2, 0.25) is 0 Å². The third-order valence-electron chi connectivity index (χ3n) is 4.97. The van der Waals surface area contributed by atoms with E-state index >= 15 is 0 Å². The summed E-state index contributed by atoms with van der Waals surface area (Å²) in [6.45, 7) is 5.31. The molecular formula is C20H26N4O5. The maximum Gasteiger partial charge on any atom is 0.340 e. The van der Waals surface area contributed by atoms with Gasteiger partial charge in [-0.1, -0.05) is 38.3 Å². The number of imide groups is 1. The SMILES string of the molecule is CC(C)c1noc2ncc(C(=O)O[C@H](C)C(=O)NC(=O)NC3CCCCC3)cc12. The molecule has 2 aromatic heterocycles. The molecule has 1 saturated carbocycles. The minimum atomic E-state index is -1.14. The van der Waals surface area contributed by atoms with E-state index in [1.165, 1.54) is 19.5 Å². The van der Waals surface area contributed by atoms with Crippen LogP contribution in [0.1, 0.15) is 74.8 Å². The molecule has 1 aliphatic rings. The average molecular weight is 402 g/mol. The Morgan fingerprint density at radius 2 is 1.90 bits per heavy atom. The number of amides is 3. The molecule has 29 heavy (non-hydrogen) atoms. The molecule has 156 valence electrons. The number of carbonyl (C=O) groups excluding carboxylic acids is 3. The number of esters is 1. The summed E-state index contributed by atoms with van der Waals surface area (Å²) in [5.74, 6) is -1.31. The molecule has 0 radical (unpaired) electrons. The van der Waals surface area contributed by atoms with Crippen molar-refractivity contribution in [1.29, 1.82) is 0 Å². The van der Waals surface area contributed by atoms with Crippen molar-refractivity contribution in [3.8, 4) is 0 Å². The van der Waals surface area contributed by atoms with E-state index in [4.69, 9.17) is 9.26 Å². The molecule has 0 aromatic carbocycles. The Balaban J connectivity index is 1.57. The number of urea groups is 1. The first-order chi connectivity index (χ1) is 13.8. The highest BCUT2D eigenvalue weighted by Crippen LogP contribution is 2.24. The number of nitrogens with one attached hydrogen (secondary N) is 2. The molecule has 0 saturated heterocycles. The van der Waals surface area contributed by atoms with Crippen molar-refractivity contribution in [3.63, 3.8) is 0 Å². The van der Waals surface area contributed by atoms with Crippen LogP contribution in [0.25, 0.3) is 11.1 Å². The molecule has 0 unspecified atom stereocenters. The van der Waals surface area contributed by atoms with Crippen LogP contribution in [-0.2, 0) is 9.53 Å². The summed E-state index contributed by atoms with van der Waals surface area (Å²) in [6.07, 6.45) is 5.28. The highest BCUT2D eigenvalue weighted by Gasteiger charge is 2.24. The molecule has 1 aliphatic carbocycles. The van der Waals surface area contributed by atoms with Crippen LogP contribution in [0.4, 0.5) is 4.79 Å². The summed E-state index contributed by atoms with van der Waals surface area (Å²) >= 11 is 0. The van der Waals surface area contributed by atoms with Crippen LogP contribution < -0.4 is 10.6 Å².